The SMILES string of the molecule is Cc1cc(N2CCCCC2)cc([C@@H](O[Si](C)(C)C(C)(C)C)c2ccccc2)n1. The maximum absolute atomic E-state index is 6.93. The average Bonchev–Trinajstić information content (AvgIpc) is 2.66. The number of aryl methyl sites for hydroxylation is 1. The fraction of sp³-hybridized carbons (Fsp3) is 0.542. The molecule has 0 radical (unpaired) electrons. The van der Waals surface area contributed by atoms with Crippen LogP contribution in [0.4, 0.5) is 5.69 Å². The largest absolute Gasteiger partial charge is 0.404 e. The lowest BCUT2D eigenvalue weighted by molar-refractivity contribution is 0.217. The highest BCUT2D eigenvalue weighted by Gasteiger charge is 2.40. The van der Waals surface area contributed by atoms with E-state index in [1.165, 1.54) is 30.5 Å². The second-order valence-corrected chi connectivity index (χ2v) is 14.4. The molecule has 4 heteroatoms. The molecule has 1 saturated heterocycles. The smallest absolute Gasteiger partial charge is 0.193 e. The van der Waals surface area contributed by atoms with Gasteiger partial charge in [0.1, 0.15) is 6.10 Å². The molecule has 2 heterocycles. The second-order valence-electron chi connectivity index (χ2n) is 9.61. The molecule has 0 spiro atoms. The molecular formula is C24H36N2OSi. The van der Waals surface area contributed by atoms with E-state index >= 15 is 0 Å². The highest BCUT2D eigenvalue weighted by atomic mass is 28.4. The van der Waals surface area contributed by atoms with Gasteiger partial charge in [-0.25, -0.2) is 0 Å². The van der Waals surface area contributed by atoms with Crippen molar-refractivity contribution < 1.29 is 4.43 Å². The van der Waals surface area contributed by atoms with Crippen LogP contribution < -0.4 is 4.90 Å². The van der Waals surface area contributed by atoms with E-state index in [-0.39, 0.29) is 11.1 Å². The molecular weight excluding hydrogens is 360 g/mol. The summed E-state index contributed by atoms with van der Waals surface area (Å²) in [6, 6.07) is 15.1. The van der Waals surface area contributed by atoms with E-state index in [4.69, 9.17) is 9.41 Å². The lowest BCUT2D eigenvalue weighted by Crippen LogP contribution is -2.42. The summed E-state index contributed by atoms with van der Waals surface area (Å²) in [5, 5.41) is 0.152. The first-order chi connectivity index (χ1) is 13.2. The molecule has 0 amide bonds. The summed E-state index contributed by atoms with van der Waals surface area (Å²) >= 11 is 0. The van der Waals surface area contributed by atoms with Gasteiger partial charge in [0.2, 0.25) is 0 Å². The predicted octanol–water partition coefficient (Wildman–Crippen LogP) is 6.49. The molecule has 1 fully saturated rings. The van der Waals surface area contributed by atoms with Crippen LogP contribution in [0.25, 0.3) is 0 Å². The van der Waals surface area contributed by atoms with Gasteiger partial charge in [-0.15, -0.1) is 0 Å². The number of pyridine rings is 1. The van der Waals surface area contributed by atoms with Gasteiger partial charge in [-0.2, -0.15) is 0 Å². The number of rotatable bonds is 5. The van der Waals surface area contributed by atoms with Crippen LogP contribution in [-0.2, 0) is 4.43 Å². The average molecular weight is 397 g/mol. The van der Waals surface area contributed by atoms with Crippen LogP contribution in [-0.4, -0.2) is 26.4 Å². The van der Waals surface area contributed by atoms with E-state index < -0.39 is 8.32 Å². The Morgan fingerprint density at radius 2 is 1.64 bits per heavy atom. The fourth-order valence-corrected chi connectivity index (χ4v) is 4.74. The predicted molar refractivity (Wildman–Crippen MR) is 122 cm³/mol. The zero-order valence-corrected chi connectivity index (χ0v) is 19.5. The van der Waals surface area contributed by atoms with E-state index in [1.54, 1.807) is 0 Å². The third-order valence-electron chi connectivity index (χ3n) is 6.27. The molecule has 0 aliphatic carbocycles. The normalized spacial score (nSPS) is 16.9. The molecule has 1 aromatic carbocycles. The zero-order valence-electron chi connectivity index (χ0n) is 18.5. The number of hydrogen-bond donors (Lipinski definition) is 0. The minimum absolute atomic E-state index is 0.120. The van der Waals surface area contributed by atoms with Gasteiger partial charge in [0.15, 0.2) is 8.32 Å². The molecule has 3 rings (SSSR count). The van der Waals surface area contributed by atoms with Crippen LogP contribution in [0.15, 0.2) is 42.5 Å². The molecule has 0 bridgehead atoms. The van der Waals surface area contributed by atoms with Crippen LogP contribution in [0.3, 0.4) is 0 Å². The van der Waals surface area contributed by atoms with Crippen molar-refractivity contribution in [3.05, 3.63) is 59.4 Å². The van der Waals surface area contributed by atoms with E-state index in [1.807, 2.05) is 0 Å². The third-order valence-corrected chi connectivity index (χ3v) is 10.7. The Hall–Kier alpha value is -1.65. The van der Waals surface area contributed by atoms with Crippen LogP contribution in [0.1, 0.15) is 63.1 Å². The van der Waals surface area contributed by atoms with Crippen molar-refractivity contribution in [2.75, 3.05) is 18.0 Å². The van der Waals surface area contributed by atoms with Gasteiger partial charge in [0.25, 0.3) is 0 Å². The highest BCUT2D eigenvalue weighted by Crippen LogP contribution is 2.41. The van der Waals surface area contributed by atoms with Crippen molar-refractivity contribution >= 4 is 14.0 Å². The fourth-order valence-electron chi connectivity index (χ4n) is 3.54. The monoisotopic (exact) mass is 396 g/mol. The van der Waals surface area contributed by atoms with Gasteiger partial charge in [-0.05, 0) is 62.0 Å². The van der Waals surface area contributed by atoms with E-state index in [2.05, 4.69) is 88.2 Å². The number of hydrogen-bond acceptors (Lipinski definition) is 3. The molecule has 1 aliphatic heterocycles. The Kier molecular flexibility index (Phi) is 6.30. The van der Waals surface area contributed by atoms with Crippen molar-refractivity contribution in [2.45, 2.75) is 71.2 Å². The van der Waals surface area contributed by atoms with Crippen molar-refractivity contribution in [1.82, 2.24) is 4.98 Å². The third kappa shape index (κ3) is 4.84. The lowest BCUT2D eigenvalue weighted by Gasteiger charge is -2.39. The molecule has 0 unspecified atom stereocenters. The van der Waals surface area contributed by atoms with Gasteiger partial charge >= 0.3 is 0 Å². The molecule has 0 N–H and O–H groups in total. The number of nitrogens with zero attached hydrogens (tertiary/aromatic N) is 2. The summed E-state index contributed by atoms with van der Waals surface area (Å²) in [6.07, 6.45) is 3.78. The van der Waals surface area contributed by atoms with Crippen molar-refractivity contribution in [2.24, 2.45) is 0 Å². The Bertz CT molecular complexity index is 777. The standard InChI is InChI=1S/C24H36N2OSi/c1-19-17-21(26-15-11-8-12-16-26)18-22(25-19)23(20-13-9-7-10-14-20)27-28(5,6)24(2,3)4/h7,9-10,13-14,17-18,23H,8,11-12,15-16H2,1-6H3/t23-/m0/s1. The quantitative estimate of drug-likeness (QED) is 0.540. The van der Waals surface area contributed by atoms with Crippen LogP contribution in [0, 0.1) is 6.92 Å². The molecule has 1 atom stereocenters. The van der Waals surface area contributed by atoms with E-state index in [0.29, 0.717) is 0 Å². The molecule has 1 aromatic heterocycles. The molecule has 1 aliphatic rings. The highest BCUT2D eigenvalue weighted by molar-refractivity contribution is 6.74. The number of piperidine rings is 1. The number of benzene rings is 1. The Labute approximate surface area is 172 Å². The van der Waals surface area contributed by atoms with Crippen molar-refractivity contribution in [1.29, 1.82) is 0 Å². The maximum Gasteiger partial charge on any atom is 0.193 e. The van der Waals surface area contributed by atoms with Gasteiger partial charge in [0.05, 0.1) is 5.69 Å². The molecule has 28 heavy (non-hydrogen) atoms. The second kappa shape index (κ2) is 8.38. The minimum atomic E-state index is -1.96. The number of aromatic nitrogens is 1. The Morgan fingerprint density at radius 1 is 1.00 bits per heavy atom. The summed E-state index contributed by atoms with van der Waals surface area (Å²) < 4.78 is 6.93. The molecule has 152 valence electrons. The summed E-state index contributed by atoms with van der Waals surface area (Å²) in [6.45, 7) is 15.9. The lowest BCUT2D eigenvalue weighted by atomic mass is 10.0. The first kappa shape index (κ1) is 21.1. The topological polar surface area (TPSA) is 25.4 Å². The van der Waals surface area contributed by atoms with Gasteiger partial charge < -0.3 is 9.33 Å². The summed E-state index contributed by atoms with van der Waals surface area (Å²) in [5.74, 6) is 0. The van der Waals surface area contributed by atoms with Gasteiger partial charge in [-0.1, -0.05) is 51.1 Å². The number of anilines is 1. The Balaban J connectivity index is 2.01. The van der Waals surface area contributed by atoms with Crippen LogP contribution in [0.5, 0.6) is 0 Å². The maximum atomic E-state index is 6.93. The zero-order chi connectivity index (χ0) is 20.4. The molecule has 2 aromatic rings. The molecule has 3 nitrogen and oxygen atoms in total. The van der Waals surface area contributed by atoms with Gasteiger partial charge in [-0.3, -0.25) is 4.98 Å². The van der Waals surface area contributed by atoms with Crippen LogP contribution in [0.2, 0.25) is 18.1 Å². The summed E-state index contributed by atoms with van der Waals surface area (Å²) in [7, 11) is -1.96. The van der Waals surface area contributed by atoms with Crippen LogP contribution >= 0.6 is 0 Å². The van der Waals surface area contributed by atoms with Gasteiger partial charge in [0, 0.05) is 24.5 Å². The summed E-state index contributed by atoms with van der Waals surface area (Å²) in [5.41, 5.74) is 4.59. The minimum Gasteiger partial charge on any atom is -0.404 e. The first-order valence-corrected chi connectivity index (χ1v) is 13.5. The van der Waals surface area contributed by atoms with E-state index in [9.17, 15) is 0 Å². The first-order valence-electron chi connectivity index (χ1n) is 10.6. The Morgan fingerprint density at radius 3 is 2.25 bits per heavy atom. The summed E-state index contributed by atoms with van der Waals surface area (Å²) in [4.78, 5) is 7.45. The van der Waals surface area contributed by atoms with E-state index in [0.717, 1.165) is 24.5 Å². The van der Waals surface area contributed by atoms with Crippen molar-refractivity contribution in [3.8, 4) is 0 Å². The molecule has 0 saturated carbocycles. The van der Waals surface area contributed by atoms with Crippen molar-refractivity contribution in [3.63, 3.8) is 0 Å².